The lowest BCUT2D eigenvalue weighted by Crippen LogP contribution is -2.55. The van der Waals surface area contributed by atoms with Crippen molar-refractivity contribution in [3.63, 3.8) is 0 Å². The van der Waals surface area contributed by atoms with E-state index in [1.807, 2.05) is 0 Å². The van der Waals surface area contributed by atoms with Crippen molar-refractivity contribution in [1.82, 2.24) is 10.2 Å². The van der Waals surface area contributed by atoms with E-state index in [1.165, 1.54) is 32.4 Å². The van der Waals surface area contributed by atoms with Crippen LogP contribution in [0.25, 0.3) is 0 Å². The Morgan fingerprint density at radius 3 is 2.60 bits per heavy atom. The highest BCUT2D eigenvalue weighted by atomic mass is 16.3. The van der Waals surface area contributed by atoms with Crippen molar-refractivity contribution in [3.8, 4) is 0 Å². The molecule has 0 spiro atoms. The summed E-state index contributed by atoms with van der Waals surface area (Å²) in [5.41, 5.74) is 0.413. The highest BCUT2D eigenvalue weighted by Gasteiger charge is 2.40. The first kappa shape index (κ1) is 16.3. The number of aliphatic hydroxyl groups is 1. The molecule has 0 aromatic rings. The highest BCUT2D eigenvalue weighted by Crippen LogP contribution is 2.38. The molecule has 0 bridgehead atoms. The fraction of sp³-hybridized carbons (Fsp3) is 1.00. The fourth-order valence-corrected chi connectivity index (χ4v) is 4.20. The summed E-state index contributed by atoms with van der Waals surface area (Å²) < 4.78 is 0. The number of likely N-dealkylation sites (tertiary alicyclic amines) is 1. The summed E-state index contributed by atoms with van der Waals surface area (Å²) in [4.78, 5) is 2.71. The molecule has 118 valence electrons. The molecule has 0 radical (unpaired) electrons. The quantitative estimate of drug-likeness (QED) is 0.832. The van der Waals surface area contributed by atoms with Crippen LogP contribution in [0.5, 0.6) is 0 Å². The molecule has 1 aliphatic carbocycles. The maximum absolute atomic E-state index is 9.83. The van der Waals surface area contributed by atoms with E-state index in [-0.39, 0.29) is 12.1 Å². The largest absolute Gasteiger partial charge is 0.394 e. The Labute approximate surface area is 125 Å². The van der Waals surface area contributed by atoms with Gasteiger partial charge in [-0.3, -0.25) is 0 Å². The van der Waals surface area contributed by atoms with Crippen LogP contribution in [0.15, 0.2) is 0 Å². The van der Waals surface area contributed by atoms with Crippen LogP contribution >= 0.6 is 0 Å². The third kappa shape index (κ3) is 3.55. The first-order chi connectivity index (χ1) is 9.40. The summed E-state index contributed by atoms with van der Waals surface area (Å²) in [6.07, 6.45) is 6.14. The minimum Gasteiger partial charge on any atom is -0.394 e. The predicted molar refractivity (Wildman–Crippen MR) is 84.9 cm³/mol. The van der Waals surface area contributed by atoms with Crippen LogP contribution in [0.1, 0.15) is 59.8 Å². The number of hydrogen-bond donors (Lipinski definition) is 2. The SMILES string of the molecule is CCNC1(CO)CCCC(N2CCC(C(C)(C)C)C2)C1. The van der Waals surface area contributed by atoms with E-state index in [4.69, 9.17) is 0 Å². The van der Waals surface area contributed by atoms with Gasteiger partial charge in [0, 0.05) is 18.1 Å². The summed E-state index contributed by atoms with van der Waals surface area (Å²) in [5.74, 6) is 0.826. The van der Waals surface area contributed by atoms with Gasteiger partial charge in [0.25, 0.3) is 0 Å². The molecule has 2 fully saturated rings. The van der Waals surface area contributed by atoms with Gasteiger partial charge in [-0.15, -0.1) is 0 Å². The van der Waals surface area contributed by atoms with Gasteiger partial charge in [0.15, 0.2) is 0 Å². The maximum atomic E-state index is 9.83. The zero-order chi connectivity index (χ0) is 14.8. The maximum Gasteiger partial charge on any atom is 0.0613 e. The zero-order valence-corrected chi connectivity index (χ0v) is 13.9. The molecule has 2 rings (SSSR count). The van der Waals surface area contributed by atoms with Gasteiger partial charge in [-0.25, -0.2) is 0 Å². The number of aliphatic hydroxyl groups excluding tert-OH is 1. The fourth-order valence-electron chi connectivity index (χ4n) is 4.20. The summed E-state index contributed by atoms with van der Waals surface area (Å²) in [7, 11) is 0. The molecule has 0 amide bonds. The third-order valence-corrected chi connectivity index (χ3v) is 5.63. The average molecular weight is 282 g/mol. The van der Waals surface area contributed by atoms with Crippen LogP contribution in [-0.2, 0) is 0 Å². The molecular weight excluding hydrogens is 248 g/mol. The molecule has 3 unspecified atom stereocenters. The lowest BCUT2D eigenvalue weighted by atomic mass is 9.78. The Hall–Kier alpha value is -0.120. The minimum absolute atomic E-state index is 0.0164. The second-order valence-electron chi connectivity index (χ2n) is 8.07. The van der Waals surface area contributed by atoms with Gasteiger partial charge in [-0.05, 0) is 56.5 Å². The van der Waals surface area contributed by atoms with E-state index < -0.39 is 0 Å². The molecule has 1 saturated carbocycles. The number of nitrogens with zero attached hydrogens (tertiary/aromatic N) is 1. The van der Waals surface area contributed by atoms with E-state index >= 15 is 0 Å². The summed E-state index contributed by atoms with van der Waals surface area (Å²) in [6.45, 7) is 13.0. The molecule has 0 aromatic heterocycles. The molecule has 20 heavy (non-hydrogen) atoms. The third-order valence-electron chi connectivity index (χ3n) is 5.63. The van der Waals surface area contributed by atoms with Gasteiger partial charge in [-0.1, -0.05) is 27.7 Å². The molecule has 2 N–H and O–H groups in total. The predicted octanol–water partition coefficient (Wildman–Crippen LogP) is 2.64. The first-order valence-electron chi connectivity index (χ1n) is 8.50. The van der Waals surface area contributed by atoms with Crippen molar-refractivity contribution < 1.29 is 5.11 Å². The lowest BCUT2D eigenvalue weighted by molar-refractivity contribution is 0.0657. The summed E-state index contributed by atoms with van der Waals surface area (Å²) in [6, 6.07) is 0.669. The van der Waals surface area contributed by atoms with E-state index in [0.29, 0.717) is 11.5 Å². The number of hydrogen-bond acceptors (Lipinski definition) is 3. The van der Waals surface area contributed by atoms with E-state index in [0.717, 1.165) is 25.3 Å². The molecule has 0 aromatic carbocycles. The smallest absolute Gasteiger partial charge is 0.0613 e. The van der Waals surface area contributed by atoms with Gasteiger partial charge in [0.05, 0.1) is 6.61 Å². The Morgan fingerprint density at radius 2 is 2.05 bits per heavy atom. The van der Waals surface area contributed by atoms with Gasteiger partial charge in [0.2, 0.25) is 0 Å². The Morgan fingerprint density at radius 1 is 1.30 bits per heavy atom. The molecule has 1 heterocycles. The van der Waals surface area contributed by atoms with Crippen LogP contribution < -0.4 is 5.32 Å². The van der Waals surface area contributed by atoms with Crippen LogP contribution in [0.4, 0.5) is 0 Å². The minimum atomic E-state index is -0.0164. The van der Waals surface area contributed by atoms with Gasteiger partial charge < -0.3 is 15.3 Å². The van der Waals surface area contributed by atoms with Crippen molar-refractivity contribution in [2.45, 2.75) is 71.4 Å². The van der Waals surface area contributed by atoms with E-state index in [1.54, 1.807) is 0 Å². The number of nitrogens with one attached hydrogen (secondary N) is 1. The Kier molecular flexibility index (Phi) is 5.14. The summed E-state index contributed by atoms with van der Waals surface area (Å²) in [5, 5.41) is 13.4. The van der Waals surface area contributed by atoms with Crippen molar-refractivity contribution in [2.75, 3.05) is 26.2 Å². The molecule has 3 nitrogen and oxygen atoms in total. The monoisotopic (exact) mass is 282 g/mol. The van der Waals surface area contributed by atoms with Crippen molar-refractivity contribution in [3.05, 3.63) is 0 Å². The second kappa shape index (κ2) is 6.33. The van der Waals surface area contributed by atoms with Crippen molar-refractivity contribution in [2.24, 2.45) is 11.3 Å². The van der Waals surface area contributed by atoms with Gasteiger partial charge >= 0.3 is 0 Å². The molecule has 3 heteroatoms. The second-order valence-corrected chi connectivity index (χ2v) is 8.07. The van der Waals surface area contributed by atoms with Crippen LogP contribution in [0.2, 0.25) is 0 Å². The Balaban J connectivity index is 1.96. The van der Waals surface area contributed by atoms with E-state index in [2.05, 4.69) is 37.9 Å². The molecular formula is C17H34N2O. The topological polar surface area (TPSA) is 35.5 Å². The van der Waals surface area contributed by atoms with Crippen LogP contribution in [0, 0.1) is 11.3 Å². The molecule has 2 aliphatic rings. The summed E-state index contributed by atoms with van der Waals surface area (Å²) >= 11 is 0. The standard InChI is InChI=1S/C17H34N2O/c1-5-18-17(13-20)9-6-7-15(11-17)19-10-8-14(12-19)16(2,3)4/h14-15,18,20H,5-13H2,1-4H3. The lowest BCUT2D eigenvalue weighted by Gasteiger charge is -2.43. The average Bonchev–Trinajstić information content (AvgIpc) is 2.89. The normalized spacial score (nSPS) is 36.5. The highest BCUT2D eigenvalue weighted by molar-refractivity contribution is 4.98. The molecule has 1 aliphatic heterocycles. The number of likely N-dealkylation sites (N-methyl/N-ethyl adjacent to an activating group) is 1. The van der Waals surface area contributed by atoms with Gasteiger partial charge in [-0.2, -0.15) is 0 Å². The number of rotatable bonds is 4. The van der Waals surface area contributed by atoms with E-state index in [9.17, 15) is 5.11 Å². The van der Waals surface area contributed by atoms with Crippen molar-refractivity contribution in [1.29, 1.82) is 0 Å². The zero-order valence-electron chi connectivity index (χ0n) is 13.9. The molecule has 1 saturated heterocycles. The van der Waals surface area contributed by atoms with Gasteiger partial charge in [0.1, 0.15) is 0 Å². The first-order valence-corrected chi connectivity index (χ1v) is 8.50. The van der Waals surface area contributed by atoms with Crippen molar-refractivity contribution >= 4 is 0 Å². The molecule has 3 atom stereocenters. The van der Waals surface area contributed by atoms with Crippen LogP contribution in [-0.4, -0.2) is 47.8 Å². The Bertz CT molecular complexity index is 309. The van der Waals surface area contributed by atoms with Crippen LogP contribution in [0.3, 0.4) is 0 Å².